The summed E-state index contributed by atoms with van der Waals surface area (Å²) in [6, 6.07) is 21.7. The molecule has 5 aliphatic rings. The van der Waals surface area contributed by atoms with Gasteiger partial charge in [0.1, 0.15) is 117 Å². The van der Waals surface area contributed by atoms with E-state index in [1.165, 1.54) is 67.7 Å². The van der Waals surface area contributed by atoms with Crippen molar-refractivity contribution in [2.45, 2.75) is 129 Å². The van der Waals surface area contributed by atoms with E-state index in [0.717, 1.165) is 59.5 Å². The maximum atomic E-state index is 14.3. The predicted molar refractivity (Wildman–Crippen MR) is 444 cm³/mol. The number of hydrogen-bond donors (Lipinski definition) is 5. The molecule has 5 aromatic heterocycles. The fraction of sp³-hybridized carbons (Fsp3) is 0.341. The van der Waals surface area contributed by atoms with Gasteiger partial charge in [0.25, 0.3) is 29.5 Å². The number of halogens is 21. The summed E-state index contributed by atoms with van der Waals surface area (Å²) in [5, 5.41) is 0. The second kappa shape index (κ2) is 45.0. The van der Waals surface area contributed by atoms with Crippen molar-refractivity contribution in [3.63, 3.8) is 0 Å². The highest BCUT2D eigenvalue weighted by Crippen LogP contribution is 2.45. The molecule has 0 spiro atoms. The molecular weight excluding hydrogens is 1870 g/mol. The Kier molecular flexibility index (Phi) is 34.2. The van der Waals surface area contributed by atoms with Crippen LogP contribution in [-0.2, 0) is 51.1 Å². The van der Waals surface area contributed by atoms with E-state index in [2.05, 4.69) is 43.9 Å². The Morgan fingerprint density at radius 2 is 0.555 bits per heavy atom. The number of aromatic nitrogens is 5. The number of pyridine rings is 5. The molecule has 0 saturated carbocycles. The van der Waals surface area contributed by atoms with Gasteiger partial charge in [0, 0.05) is 92.5 Å². The van der Waals surface area contributed by atoms with E-state index in [4.69, 9.17) is 52.4 Å². The van der Waals surface area contributed by atoms with Crippen molar-refractivity contribution >= 4 is 29.5 Å². The molecule has 5 aliphatic heterocycles. The monoisotopic (exact) mass is 1950 g/mol. The van der Waals surface area contributed by atoms with Gasteiger partial charge in [-0.2, -0.15) is 48.3 Å². The summed E-state index contributed by atoms with van der Waals surface area (Å²) < 4.78 is 319. The molecule has 15 rings (SSSR count). The maximum absolute atomic E-state index is 14.3. The standard InChI is InChI=1S/C19H18F5N3O2.4C18H16F4N2O3/c1-27(9-19(22,23)24)8-11-3-5-13-14(12-4-2-10(20)6-15(12)21)7-16(17(25)28)26-18(13)29-11;4*1-8-4-12-11(10-3-2-9(19)5-13(10)20)6-14(16(23)25)24-17(12)27-15(8)7-26-18(21)22/h2,4,6-7,11H,3,5,8-9H2,1H3,(H2,25,28);4*2-3,5-6,8,15,18H,4,7H2,1H3,(H2,23,25)/t11-;2*8-,15+;2*8-,15-/m01010/s1. The quantitative estimate of drug-likeness (QED) is 0.0332. The lowest BCUT2D eigenvalue weighted by molar-refractivity contribution is -0.151. The number of nitrogens with two attached hydrogens (primary N) is 5. The Hall–Kier alpha value is -13.5. The van der Waals surface area contributed by atoms with Crippen molar-refractivity contribution < 1.29 is 159 Å². The molecule has 732 valence electrons. The Labute approximate surface area is 764 Å². The van der Waals surface area contributed by atoms with Crippen LogP contribution in [0.5, 0.6) is 29.4 Å². The van der Waals surface area contributed by atoms with E-state index in [-0.39, 0.29) is 170 Å². The summed E-state index contributed by atoms with van der Waals surface area (Å²) >= 11 is 0. The summed E-state index contributed by atoms with van der Waals surface area (Å²) in [5.74, 6) is -13.3. The molecule has 10 heterocycles. The number of amides is 5. The lowest BCUT2D eigenvalue weighted by atomic mass is 9.88. The van der Waals surface area contributed by atoms with E-state index in [1.54, 1.807) is 27.7 Å². The number of fused-ring (bicyclic) bond motifs is 5. The molecule has 0 bridgehead atoms. The van der Waals surface area contributed by atoms with Crippen LogP contribution in [-0.4, -0.2) is 169 Å². The fourth-order valence-electron chi connectivity index (χ4n) is 15.3. The third kappa shape index (κ3) is 26.8. The minimum atomic E-state index is -4.34. The van der Waals surface area contributed by atoms with Crippen molar-refractivity contribution in [2.24, 2.45) is 52.3 Å². The minimum absolute atomic E-state index is 0.00834. The van der Waals surface area contributed by atoms with Crippen LogP contribution in [0.25, 0.3) is 55.6 Å². The van der Waals surface area contributed by atoms with Gasteiger partial charge >= 0.3 is 32.6 Å². The minimum Gasteiger partial charge on any atom is -0.473 e. The summed E-state index contributed by atoms with van der Waals surface area (Å²) in [7, 11) is 1.32. The van der Waals surface area contributed by atoms with E-state index in [1.807, 2.05) is 0 Å². The summed E-state index contributed by atoms with van der Waals surface area (Å²) in [5.41, 5.74) is 29.6. The highest BCUT2D eigenvalue weighted by Gasteiger charge is 2.40. The second-order valence-electron chi connectivity index (χ2n) is 32.0. The number of carbonyl (C=O) groups is 5. The Morgan fingerprint density at radius 1 is 0.343 bits per heavy atom. The summed E-state index contributed by atoms with van der Waals surface area (Å²) in [4.78, 5) is 79.2. The average Bonchev–Trinajstić information content (AvgIpc) is 0.770. The Morgan fingerprint density at radius 3 is 0.752 bits per heavy atom. The van der Waals surface area contributed by atoms with Gasteiger partial charge in [-0.05, 0) is 188 Å². The van der Waals surface area contributed by atoms with Crippen LogP contribution in [0, 0.1) is 81.8 Å². The van der Waals surface area contributed by atoms with Crippen LogP contribution in [0.2, 0.25) is 0 Å². The van der Waals surface area contributed by atoms with E-state index in [0.29, 0.717) is 72.4 Å². The van der Waals surface area contributed by atoms with Crippen LogP contribution < -0.4 is 52.4 Å². The molecule has 5 amide bonds. The fourth-order valence-corrected chi connectivity index (χ4v) is 15.3. The number of likely N-dealkylation sites (N-methyl/N-ethyl adjacent to an activating group) is 1. The van der Waals surface area contributed by atoms with Crippen molar-refractivity contribution in [3.05, 3.63) is 236 Å². The molecule has 0 unspecified atom stereocenters. The molecule has 25 nitrogen and oxygen atoms in total. The molecular formula is C91H82F21N11O14. The number of hydrogen-bond acceptors (Lipinski definition) is 20. The van der Waals surface area contributed by atoms with Crippen molar-refractivity contribution in [1.29, 1.82) is 0 Å². The number of rotatable bonds is 25. The molecule has 137 heavy (non-hydrogen) atoms. The lowest BCUT2D eigenvalue weighted by Gasteiger charge is -2.32. The maximum Gasteiger partial charge on any atom is 0.401 e. The van der Waals surface area contributed by atoms with Crippen molar-refractivity contribution in [2.75, 3.05) is 46.6 Å². The second-order valence-corrected chi connectivity index (χ2v) is 32.0. The van der Waals surface area contributed by atoms with Gasteiger partial charge in [-0.15, -0.1) is 0 Å². The molecule has 10 aromatic rings. The van der Waals surface area contributed by atoms with Crippen LogP contribution in [0.4, 0.5) is 92.2 Å². The highest BCUT2D eigenvalue weighted by molar-refractivity contribution is 5.96. The third-order valence-electron chi connectivity index (χ3n) is 22.0. The number of ether oxygens (including phenoxy) is 9. The Bertz CT molecular complexity index is 5540. The molecule has 46 heteroatoms. The highest BCUT2D eigenvalue weighted by atomic mass is 19.4. The topological polar surface area (TPSA) is 366 Å². The molecule has 0 saturated heterocycles. The number of nitrogens with zero attached hydrogens (tertiary/aromatic N) is 6. The zero-order valence-electron chi connectivity index (χ0n) is 72.3. The smallest absolute Gasteiger partial charge is 0.401 e. The van der Waals surface area contributed by atoms with Crippen LogP contribution in [0.15, 0.2) is 121 Å². The molecule has 0 fully saturated rings. The van der Waals surface area contributed by atoms with Gasteiger partial charge in [0.05, 0.1) is 33.0 Å². The average molecular weight is 1950 g/mol. The number of alkyl halides is 11. The normalized spacial score (nSPS) is 18.4. The van der Waals surface area contributed by atoms with E-state index in [9.17, 15) is 116 Å². The molecule has 0 aliphatic carbocycles. The van der Waals surface area contributed by atoms with Gasteiger partial charge in [-0.3, -0.25) is 28.9 Å². The van der Waals surface area contributed by atoms with Crippen LogP contribution in [0.3, 0.4) is 0 Å². The van der Waals surface area contributed by atoms with Crippen molar-refractivity contribution in [3.8, 4) is 85.0 Å². The first kappa shape index (κ1) is 104. The largest absolute Gasteiger partial charge is 0.473 e. The summed E-state index contributed by atoms with van der Waals surface area (Å²) in [6.45, 7) is -7.36. The Balaban J connectivity index is 0.000000164. The van der Waals surface area contributed by atoms with Gasteiger partial charge in [-0.25, -0.2) is 68.8 Å². The van der Waals surface area contributed by atoms with E-state index >= 15 is 0 Å². The van der Waals surface area contributed by atoms with Gasteiger partial charge in [0.15, 0.2) is 0 Å². The van der Waals surface area contributed by atoms with Gasteiger partial charge < -0.3 is 71.3 Å². The first-order valence-electron chi connectivity index (χ1n) is 41.2. The SMILES string of the molecule is CN(C[C@@H]1CCc2c(-c3ccc(F)cc3F)cc(C(N)=O)nc2O1)CC(F)(F)F.C[C@@H]1Cc2c(-c3ccc(F)cc3F)cc(C(N)=O)nc2O[C@@H]1COC(F)F.C[C@@H]1Cc2c(-c3ccc(F)cc3F)cc(C(N)=O)nc2O[C@H]1COC(F)F.C[C@H]1Cc2c(-c3ccc(F)cc3F)cc(C(N)=O)nc2O[C@@H]1COC(F)F.C[C@H]1Cc2c(-c3ccc(F)cc3F)cc(C(N)=O)nc2O[C@H]1COC(F)F. The first-order valence-corrected chi connectivity index (χ1v) is 41.2. The third-order valence-corrected chi connectivity index (χ3v) is 22.0. The van der Waals surface area contributed by atoms with Gasteiger partial charge in [0.2, 0.25) is 29.4 Å². The molecule has 5 aromatic carbocycles. The van der Waals surface area contributed by atoms with Crippen LogP contribution >= 0.6 is 0 Å². The number of carbonyl (C=O) groups excluding carboxylic acids is 5. The first-order chi connectivity index (χ1) is 64.6. The predicted octanol–water partition coefficient (Wildman–Crippen LogP) is 16.5. The van der Waals surface area contributed by atoms with E-state index < -0.39 is 157 Å². The lowest BCUT2D eigenvalue weighted by Crippen LogP contribution is -2.40. The number of benzene rings is 5. The number of primary amides is 5. The summed E-state index contributed by atoms with van der Waals surface area (Å²) in [6.07, 6.45) is -5.92. The zero-order chi connectivity index (χ0) is 100. The molecule has 0 radical (unpaired) electrons. The van der Waals surface area contributed by atoms with Gasteiger partial charge in [-0.1, -0.05) is 27.7 Å². The van der Waals surface area contributed by atoms with Crippen molar-refractivity contribution in [1.82, 2.24) is 29.8 Å². The zero-order valence-corrected chi connectivity index (χ0v) is 72.3. The van der Waals surface area contributed by atoms with Crippen LogP contribution in [0.1, 0.15) is 114 Å². The molecule has 9 atom stereocenters. The molecule has 10 N–H and O–H groups in total.